The normalized spacial score (nSPS) is 10.5. The van der Waals surface area contributed by atoms with Crippen molar-refractivity contribution in [3.05, 3.63) is 90.8 Å². The third-order valence-corrected chi connectivity index (χ3v) is 4.54. The minimum Gasteiger partial charge on any atom is -0.354 e. The lowest BCUT2D eigenvalue weighted by Crippen LogP contribution is -2.15. The van der Waals surface area contributed by atoms with E-state index in [2.05, 4.69) is 37.4 Å². The van der Waals surface area contributed by atoms with Gasteiger partial charge in [0.05, 0.1) is 0 Å². The van der Waals surface area contributed by atoms with E-state index in [9.17, 15) is 0 Å². The smallest absolute Gasteiger partial charge is 0.224 e. The Bertz CT molecular complexity index is 1050. The second-order valence-electron chi connectivity index (χ2n) is 6.56. The Balaban J connectivity index is 1.46. The van der Waals surface area contributed by atoms with E-state index >= 15 is 0 Å². The monoisotopic (exact) mass is 382 g/mol. The van der Waals surface area contributed by atoms with Gasteiger partial charge in [0.2, 0.25) is 5.95 Å². The topological polar surface area (TPSA) is 66.8 Å². The lowest BCUT2D eigenvalue weighted by Gasteiger charge is -2.18. The molecule has 0 radical (unpaired) electrons. The highest BCUT2D eigenvalue weighted by atomic mass is 15.2. The Morgan fingerprint density at radius 3 is 2.17 bits per heavy atom. The second-order valence-corrected chi connectivity index (χ2v) is 6.56. The van der Waals surface area contributed by atoms with Gasteiger partial charge in [-0.2, -0.15) is 4.98 Å². The molecule has 6 nitrogen and oxygen atoms in total. The molecule has 144 valence electrons. The molecule has 0 unspecified atom stereocenters. The van der Waals surface area contributed by atoms with Crippen LogP contribution in [0.4, 0.5) is 17.6 Å². The first-order valence-corrected chi connectivity index (χ1v) is 9.52. The predicted molar refractivity (Wildman–Crippen MR) is 116 cm³/mol. The molecule has 2 heterocycles. The van der Waals surface area contributed by atoms with Crippen molar-refractivity contribution in [3.8, 4) is 11.4 Å². The van der Waals surface area contributed by atoms with Gasteiger partial charge in [0, 0.05) is 31.5 Å². The maximum atomic E-state index is 4.68. The van der Waals surface area contributed by atoms with Gasteiger partial charge in [0.15, 0.2) is 5.82 Å². The molecule has 0 saturated heterocycles. The van der Waals surface area contributed by atoms with Crippen molar-refractivity contribution >= 4 is 17.6 Å². The summed E-state index contributed by atoms with van der Waals surface area (Å²) in [6, 6.07) is 24.0. The molecule has 4 aromatic rings. The summed E-state index contributed by atoms with van der Waals surface area (Å²) < 4.78 is 0. The van der Waals surface area contributed by atoms with E-state index in [4.69, 9.17) is 0 Å². The van der Waals surface area contributed by atoms with E-state index in [1.165, 1.54) is 5.56 Å². The van der Waals surface area contributed by atoms with Gasteiger partial charge in [-0.3, -0.25) is 0 Å². The highest BCUT2D eigenvalue weighted by Crippen LogP contribution is 2.22. The Morgan fingerprint density at radius 2 is 1.41 bits per heavy atom. The van der Waals surface area contributed by atoms with Crippen LogP contribution in [0.3, 0.4) is 0 Å². The van der Waals surface area contributed by atoms with Gasteiger partial charge in [0.1, 0.15) is 11.6 Å². The number of benzene rings is 2. The van der Waals surface area contributed by atoms with Gasteiger partial charge < -0.3 is 10.2 Å². The van der Waals surface area contributed by atoms with Crippen LogP contribution in [0.15, 0.2) is 85.2 Å². The highest BCUT2D eigenvalue weighted by Gasteiger charge is 2.10. The predicted octanol–water partition coefficient (Wildman–Crippen LogP) is 4.36. The molecule has 0 fully saturated rings. The summed E-state index contributed by atoms with van der Waals surface area (Å²) in [5.74, 6) is 2.82. The standard InChI is InChI=1S/C23H22N6/c1-29(20-13-16-24-22(27-20)19-10-6-3-7-11-19)21-14-17-26-23(28-21)25-15-12-18-8-4-2-5-9-18/h2-11,13-14,16-17H,12,15H2,1H3,(H,25,26,28). The quantitative estimate of drug-likeness (QED) is 0.512. The highest BCUT2D eigenvalue weighted by molar-refractivity contribution is 5.61. The van der Waals surface area contributed by atoms with Crippen LogP contribution in [0.2, 0.25) is 0 Å². The summed E-state index contributed by atoms with van der Waals surface area (Å²) in [7, 11) is 1.94. The summed E-state index contributed by atoms with van der Waals surface area (Å²) in [5.41, 5.74) is 2.26. The SMILES string of the molecule is CN(c1ccnc(NCCc2ccccc2)n1)c1ccnc(-c2ccccc2)n1. The Hall–Kier alpha value is -3.80. The summed E-state index contributed by atoms with van der Waals surface area (Å²) in [5, 5.41) is 3.30. The number of anilines is 3. The summed E-state index contributed by atoms with van der Waals surface area (Å²) in [4.78, 5) is 20.0. The number of aromatic nitrogens is 4. The van der Waals surface area contributed by atoms with Crippen LogP contribution in [0.25, 0.3) is 11.4 Å². The molecule has 0 amide bonds. The minimum absolute atomic E-state index is 0.600. The van der Waals surface area contributed by atoms with Crippen molar-refractivity contribution in [2.45, 2.75) is 6.42 Å². The molecule has 1 N–H and O–H groups in total. The average molecular weight is 382 g/mol. The average Bonchev–Trinajstić information content (AvgIpc) is 2.80. The van der Waals surface area contributed by atoms with E-state index in [0.29, 0.717) is 11.8 Å². The van der Waals surface area contributed by atoms with Crippen LogP contribution in [0.1, 0.15) is 5.56 Å². The number of nitrogens with one attached hydrogen (secondary N) is 1. The molecule has 0 saturated carbocycles. The molecular formula is C23H22N6. The van der Waals surface area contributed by atoms with E-state index in [0.717, 1.165) is 30.2 Å². The molecule has 0 aliphatic carbocycles. The van der Waals surface area contributed by atoms with Crippen LogP contribution in [-0.4, -0.2) is 33.5 Å². The molecule has 0 spiro atoms. The van der Waals surface area contributed by atoms with Crippen molar-refractivity contribution in [2.75, 3.05) is 23.8 Å². The van der Waals surface area contributed by atoms with Gasteiger partial charge >= 0.3 is 0 Å². The third kappa shape index (κ3) is 4.73. The molecule has 2 aromatic heterocycles. The third-order valence-electron chi connectivity index (χ3n) is 4.54. The van der Waals surface area contributed by atoms with Gasteiger partial charge in [-0.15, -0.1) is 0 Å². The van der Waals surface area contributed by atoms with Crippen molar-refractivity contribution in [2.24, 2.45) is 0 Å². The molecule has 6 heteroatoms. The van der Waals surface area contributed by atoms with E-state index < -0.39 is 0 Å². The van der Waals surface area contributed by atoms with Gasteiger partial charge in [-0.05, 0) is 24.1 Å². The maximum absolute atomic E-state index is 4.68. The summed E-state index contributed by atoms with van der Waals surface area (Å²) in [6.45, 7) is 0.767. The lowest BCUT2D eigenvalue weighted by molar-refractivity contribution is 0.972. The van der Waals surface area contributed by atoms with E-state index in [1.807, 2.05) is 72.6 Å². The van der Waals surface area contributed by atoms with Crippen molar-refractivity contribution in [3.63, 3.8) is 0 Å². The Morgan fingerprint density at radius 1 is 0.759 bits per heavy atom. The zero-order valence-corrected chi connectivity index (χ0v) is 16.2. The van der Waals surface area contributed by atoms with Crippen LogP contribution in [-0.2, 0) is 6.42 Å². The Labute approximate surface area is 170 Å². The number of rotatable bonds is 7. The molecule has 0 atom stereocenters. The number of hydrogen-bond donors (Lipinski definition) is 1. The molecular weight excluding hydrogens is 360 g/mol. The van der Waals surface area contributed by atoms with E-state index in [-0.39, 0.29) is 0 Å². The first-order valence-electron chi connectivity index (χ1n) is 9.52. The molecule has 2 aromatic carbocycles. The molecule has 0 aliphatic heterocycles. The molecule has 4 rings (SSSR count). The zero-order valence-electron chi connectivity index (χ0n) is 16.2. The van der Waals surface area contributed by atoms with Gasteiger partial charge in [-0.25, -0.2) is 15.0 Å². The first-order chi connectivity index (χ1) is 14.3. The fourth-order valence-corrected chi connectivity index (χ4v) is 2.96. The molecule has 29 heavy (non-hydrogen) atoms. The fourth-order valence-electron chi connectivity index (χ4n) is 2.96. The van der Waals surface area contributed by atoms with Crippen molar-refractivity contribution in [1.29, 1.82) is 0 Å². The van der Waals surface area contributed by atoms with Crippen molar-refractivity contribution < 1.29 is 0 Å². The van der Waals surface area contributed by atoms with E-state index in [1.54, 1.807) is 12.4 Å². The number of hydrogen-bond acceptors (Lipinski definition) is 6. The zero-order chi connectivity index (χ0) is 19.9. The molecule has 0 bridgehead atoms. The number of nitrogens with zero attached hydrogens (tertiary/aromatic N) is 5. The van der Waals surface area contributed by atoms with Crippen LogP contribution in [0.5, 0.6) is 0 Å². The van der Waals surface area contributed by atoms with Crippen LogP contribution >= 0.6 is 0 Å². The first kappa shape index (κ1) is 18.6. The van der Waals surface area contributed by atoms with Crippen LogP contribution in [0, 0.1) is 0 Å². The fraction of sp³-hybridized carbons (Fsp3) is 0.130. The lowest BCUT2D eigenvalue weighted by atomic mass is 10.1. The van der Waals surface area contributed by atoms with Gasteiger partial charge in [-0.1, -0.05) is 60.7 Å². The summed E-state index contributed by atoms with van der Waals surface area (Å²) >= 11 is 0. The van der Waals surface area contributed by atoms with Crippen LogP contribution < -0.4 is 10.2 Å². The Kier molecular flexibility index (Phi) is 5.71. The molecule has 0 aliphatic rings. The van der Waals surface area contributed by atoms with Gasteiger partial charge in [0.25, 0.3) is 0 Å². The second kappa shape index (κ2) is 8.93. The van der Waals surface area contributed by atoms with Crippen molar-refractivity contribution in [1.82, 2.24) is 19.9 Å². The summed E-state index contributed by atoms with van der Waals surface area (Å²) in [6.07, 6.45) is 4.43. The minimum atomic E-state index is 0.600. The maximum Gasteiger partial charge on any atom is 0.224 e. The largest absolute Gasteiger partial charge is 0.354 e.